The highest BCUT2D eigenvalue weighted by molar-refractivity contribution is 7.13. The Morgan fingerprint density at radius 3 is 2.50 bits per heavy atom. The Kier molecular flexibility index (Phi) is 3.75. The predicted molar refractivity (Wildman–Crippen MR) is 72.0 cm³/mol. The van der Waals surface area contributed by atoms with Crippen LogP contribution in [0.5, 0.6) is 0 Å². The first kappa shape index (κ1) is 11.4. The van der Waals surface area contributed by atoms with Gasteiger partial charge in [0.15, 0.2) is 0 Å². The van der Waals surface area contributed by atoms with Gasteiger partial charge in [0.1, 0.15) is 0 Å². The van der Waals surface area contributed by atoms with E-state index in [1.807, 2.05) is 7.05 Å². The summed E-state index contributed by atoms with van der Waals surface area (Å²) in [6.07, 6.45) is 1.08. The van der Waals surface area contributed by atoms with Crippen LogP contribution in [0.25, 0.3) is 10.4 Å². The summed E-state index contributed by atoms with van der Waals surface area (Å²) in [6, 6.07) is 13.7. The Balaban J connectivity index is 2.11. The van der Waals surface area contributed by atoms with Crippen molar-refractivity contribution in [2.24, 2.45) is 0 Å². The second-order valence-electron chi connectivity index (χ2n) is 4.07. The molecule has 1 N–H and O–H groups in total. The van der Waals surface area contributed by atoms with Gasteiger partial charge < -0.3 is 5.32 Å². The predicted octanol–water partition coefficient (Wildman–Crippen LogP) is 3.57. The molecule has 0 aliphatic carbocycles. The lowest BCUT2D eigenvalue weighted by atomic mass is 10.0. The van der Waals surface area contributed by atoms with Crippen molar-refractivity contribution in [1.29, 1.82) is 0 Å². The zero-order valence-electron chi connectivity index (χ0n) is 9.73. The highest BCUT2D eigenvalue weighted by Gasteiger charge is 2.02. The van der Waals surface area contributed by atoms with E-state index in [9.17, 15) is 0 Å². The van der Waals surface area contributed by atoms with Crippen molar-refractivity contribution in [1.82, 2.24) is 5.32 Å². The number of thiophene rings is 1. The minimum Gasteiger partial charge on any atom is -0.317 e. The van der Waals surface area contributed by atoms with Crippen LogP contribution >= 0.6 is 11.3 Å². The largest absolute Gasteiger partial charge is 0.317 e. The van der Waals surface area contributed by atoms with Gasteiger partial charge in [-0.2, -0.15) is 0 Å². The maximum absolute atomic E-state index is 3.26. The number of hydrogen-bond acceptors (Lipinski definition) is 2. The number of benzene rings is 1. The van der Waals surface area contributed by atoms with Crippen LogP contribution in [0.3, 0.4) is 0 Å². The second kappa shape index (κ2) is 5.28. The topological polar surface area (TPSA) is 12.0 Å². The van der Waals surface area contributed by atoms with Crippen molar-refractivity contribution in [3.05, 3.63) is 47.3 Å². The van der Waals surface area contributed by atoms with E-state index in [4.69, 9.17) is 0 Å². The van der Waals surface area contributed by atoms with E-state index < -0.39 is 0 Å². The van der Waals surface area contributed by atoms with Gasteiger partial charge in [0.25, 0.3) is 0 Å². The van der Waals surface area contributed by atoms with Crippen molar-refractivity contribution >= 4 is 11.3 Å². The fourth-order valence-electron chi connectivity index (χ4n) is 1.70. The van der Waals surface area contributed by atoms with Crippen molar-refractivity contribution < 1.29 is 0 Å². The van der Waals surface area contributed by atoms with Crippen LogP contribution in [0, 0.1) is 0 Å². The maximum Gasteiger partial charge on any atom is 0.0342 e. The molecule has 2 heteroatoms. The van der Waals surface area contributed by atoms with Crippen LogP contribution < -0.4 is 5.32 Å². The number of hydrogen-bond donors (Lipinski definition) is 1. The number of nitrogens with one attached hydrogen (secondary N) is 1. The van der Waals surface area contributed by atoms with E-state index in [2.05, 4.69) is 54.0 Å². The quantitative estimate of drug-likeness (QED) is 0.848. The van der Waals surface area contributed by atoms with Crippen LogP contribution in [0.1, 0.15) is 12.5 Å². The second-order valence-corrected chi connectivity index (χ2v) is 5.02. The molecule has 0 aliphatic rings. The molecule has 0 fully saturated rings. The first-order chi connectivity index (χ1) is 7.79. The van der Waals surface area contributed by atoms with Crippen LogP contribution in [0.15, 0.2) is 41.8 Å². The zero-order valence-corrected chi connectivity index (χ0v) is 10.6. The molecule has 16 heavy (non-hydrogen) atoms. The normalized spacial score (nSPS) is 12.6. The Labute approximate surface area is 101 Å². The van der Waals surface area contributed by atoms with E-state index in [1.54, 1.807) is 11.3 Å². The molecule has 1 aromatic carbocycles. The van der Waals surface area contributed by atoms with Crippen LogP contribution in [0.2, 0.25) is 0 Å². The summed E-state index contributed by atoms with van der Waals surface area (Å²) >= 11 is 1.79. The standard InChI is InChI=1S/C14H17NS/c1-11(15-2)10-12-5-7-13(8-6-12)14-4-3-9-16-14/h3-9,11,15H,10H2,1-2H3. The van der Waals surface area contributed by atoms with Crippen LogP contribution in [0.4, 0.5) is 0 Å². The highest BCUT2D eigenvalue weighted by Crippen LogP contribution is 2.24. The average molecular weight is 231 g/mol. The summed E-state index contributed by atoms with van der Waals surface area (Å²) in [5, 5.41) is 5.38. The molecule has 0 saturated carbocycles. The Morgan fingerprint density at radius 2 is 1.94 bits per heavy atom. The summed E-state index contributed by atoms with van der Waals surface area (Å²) < 4.78 is 0. The molecule has 1 aromatic heterocycles. The lowest BCUT2D eigenvalue weighted by molar-refractivity contribution is 0.608. The van der Waals surface area contributed by atoms with Gasteiger partial charge in [-0.15, -0.1) is 11.3 Å². The Hall–Kier alpha value is -1.12. The molecule has 1 heterocycles. The van der Waals surface area contributed by atoms with E-state index in [0.29, 0.717) is 6.04 Å². The van der Waals surface area contributed by atoms with Crippen LogP contribution in [-0.4, -0.2) is 13.1 Å². The van der Waals surface area contributed by atoms with E-state index >= 15 is 0 Å². The van der Waals surface area contributed by atoms with Gasteiger partial charge in [0.2, 0.25) is 0 Å². The highest BCUT2D eigenvalue weighted by atomic mass is 32.1. The third-order valence-electron chi connectivity index (χ3n) is 2.79. The molecule has 2 aromatic rings. The van der Waals surface area contributed by atoms with Crippen molar-refractivity contribution in [2.45, 2.75) is 19.4 Å². The summed E-state index contributed by atoms with van der Waals surface area (Å²) in [6.45, 7) is 2.20. The van der Waals surface area contributed by atoms with Crippen LogP contribution in [-0.2, 0) is 6.42 Å². The van der Waals surface area contributed by atoms with E-state index in [0.717, 1.165) is 6.42 Å². The maximum atomic E-state index is 3.26. The first-order valence-electron chi connectivity index (χ1n) is 5.59. The van der Waals surface area contributed by atoms with Gasteiger partial charge in [0.05, 0.1) is 0 Å². The molecule has 0 radical (unpaired) electrons. The molecular weight excluding hydrogens is 214 g/mol. The number of likely N-dealkylation sites (N-methyl/N-ethyl adjacent to an activating group) is 1. The van der Waals surface area contributed by atoms with Gasteiger partial charge in [-0.25, -0.2) is 0 Å². The summed E-state index contributed by atoms with van der Waals surface area (Å²) in [5.41, 5.74) is 2.71. The first-order valence-corrected chi connectivity index (χ1v) is 6.47. The van der Waals surface area contributed by atoms with Gasteiger partial charge in [-0.05, 0) is 43.0 Å². The van der Waals surface area contributed by atoms with E-state index in [-0.39, 0.29) is 0 Å². The molecule has 0 aliphatic heterocycles. The minimum atomic E-state index is 0.535. The minimum absolute atomic E-state index is 0.535. The monoisotopic (exact) mass is 231 g/mol. The third kappa shape index (κ3) is 2.71. The Morgan fingerprint density at radius 1 is 1.19 bits per heavy atom. The van der Waals surface area contributed by atoms with Gasteiger partial charge in [-0.3, -0.25) is 0 Å². The smallest absolute Gasteiger partial charge is 0.0342 e. The van der Waals surface area contributed by atoms with Crippen molar-refractivity contribution in [3.8, 4) is 10.4 Å². The molecule has 1 atom stereocenters. The SMILES string of the molecule is CNC(C)Cc1ccc(-c2cccs2)cc1. The molecule has 1 nitrogen and oxygen atoms in total. The zero-order chi connectivity index (χ0) is 11.4. The fourth-order valence-corrected chi connectivity index (χ4v) is 2.44. The Bertz CT molecular complexity index is 417. The molecule has 84 valence electrons. The number of rotatable bonds is 4. The summed E-state index contributed by atoms with van der Waals surface area (Å²) in [7, 11) is 2.00. The third-order valence-corrected chi connectivity index (χ3v) is 3.71. The van der Waals surface area contributed by atoms with E-state index in [1.165, 1.54) is 16.0 Å². The fraction of sp³-hybridized carbons (Fsp3) is 0.286. The summed E-state index contributed by atoms with van der Waals surface area (Å²) in [5.74, 6) is 0. The molecule has 0 amide bonds. The van der Waals surface area contributed by atoms with Gasteiger partial charge in [-0.1, -0.05) is 30.3 Å². The molecule has 0 saturated heterocycles. The molecule has 1 unspecified atom stereocenters. The van der Waals surface area contributed by atoms with Crippen molar-refractivity contribution in [3.63, 3.8) is 0 Å². The molecule has 0 bridgehead atoms. The lowest BCUT2D eigenvalue weighted by Gasteiger charge is -2.10. The van der Waals surface area contributed by atoms with Crippen molar-refractivity contribution in [2.75, 3.05) is 7.05 Å². The molecular formula is C14H17NS. The molecule has 2 rings (SSSR count). The molecule has 0 spiro atoms. The average Bonchev–Trinajstić information content (AvgIpc) is 2.83. The van der Waals surface area contributed by atoms with Gasteiger partial charge in [0, 0.05) is 10.9 Å². The summed E-state index contributed by atoms with van der Waals surface area (Å²) in [4.78, 5) is 1.34. The lowest BCUT2D eigenvalue weighted by Crippen LogP contribution is -2.23. The van der Waals surface area contributed by atoms with Gasteiger partial charge >= 0.3 is 0 Å².